The van der Waals surface area contributed by atoms with Gasteiger partial charge >= 0.3 is 0 Å². The summed E-state index contributed by atoms with van der Waals surface area (Å²) in [5, 5.41) is 2.88. The summed E-state index contributed by atoms with van der Waals surface area (Å²) in [7, 11) is 4.83. The first kappa shape index (κ1) is 23.0. The molecule has 1 amide bonds. The topological polar surface area (TPSA) is 66.0 Å². The van der Waals surface area contributed by atoms with Crippen LogP contribution in [0.4, 0.5) is 5.69 Å². The van der Waals surface area contributed by atoms with Crippen molar-refractivity contribution in [1.29, 1.82) is 0 Å². The molecule has 0 aliphatic carbocycles. The summed E-state index contributed by atoms with van der Waals surface area (Å²) in [5.41, 5.74) is 3.75. The second-order valence-electron chi connectivity index (χ2n) is 7.27. The Balaban J connectivity index is 1.82. The van der Waals surface area contributed by atoms with Crippen molar-refractivity contribution in [3.8, 4) is 23.0 Å². The van der Waals surface area contributed by atoms with Gasteiger partial charge in [0.1, 0.15) is 6.61 Å². The average molecular weight is 436 g/mol. The quantitative estimate of drug-likeness (QED) is 0.484. The maximum Gasteiger partial charge on any atom is 0.221 e. The second-order valence-corrected chi connectivity index (χ2v) is 7.27. The third-order valence-corrected chi connectivity index (χ3v) is 5.09. The Morgan fingerprint density at radius 2 is 1.50 bits per heavy atom. The Hall–Kier alpha value is -3.67. The molecule has 0 saturated carbocycles. The molecule has 0 radical (unpaired) electrons. The molecule has 6 nitrogen and oxygen atoms in total. The van der Waals surface area contributed by atoms with Crippen molar-refractivity contribution in [2.24, 2.45) is 0 Å². The van der Waals surface area contributed by atoms with Crippen LogP contribution in [-0.2, 0) is 24.2 Å². The predicted octanol–water partition coefficient (Wildman–Crippen LogP) is 5.04. The number of carbonyl (C=O) groups is 1. The molecule has 0 aliphatic rings. The summed E-state index contributed by atoms with van der Waals surface area (Å²) in [4.78, 5) is 11.7. The van der Waals surface area contributed by atoms with Gasteiger partial charge in [0.05, 0.1) is 21.3 Å². The van der Waals surface area contributed by atoms with E-state index in [-0.39, 0.29) is 5.91 Å². The van der Waals surface area contributed by atoms with Crippen molar-refractivity contribution >= 4 is 11.6 Å². The molecule has 0 saturated heterocycles. The average Bonchev–Trinajstić information content (AvgIpc) is 2.81. The van der Waals surface area contributed by atoms with E-state index in [0.29, 0.717) is 48.1 Å². The van der Waals surface area contributed by atoms with E-state index in [9.17, 15) is 4.79 Å². The zero-order chi connectivity index (χ0) is 22.9. The van der Waals surface area contributed by atoms with Gasteiger partial charge in [-0.2, -0.15) is 0 Å². The van der Waals surface area contributed by atoms with E-state index < -0.39 is 0 Å². The fourth-order valence-electron chi connectivity index (χ4n) is 3.54. The zero-order valence-corrected chi connectivity index (χ0v) is 18.9. The van der Waals surface area contributed by atoms with E-state index in [0.717, 1.165) is 16.7 Å². The Morgan fingerprint density at radius 3 is 2.16 bits per heavy atom. The number of hydrogen-bond donors (Lipinski definition) is 1. The largest absolute Gasteiger partial charge is 0.493 e. The Kier molecular flexibility index (Phi) is 7.97. The molecule has 0 fully saturated rings. The number of nitrogens with one attached hydrogen (secondary N) is 1. The second kappa shape index (κ2) is 11.1. The number of rotatable bonds is 10. The van der Waals surface area contributed by atoms with Crippen LogP contribution in [0, 0.1) is 0 Å². The first-order chi connectivity index (χ1) is 15.5. The van der Waals surface area contributed by atoms with E-state index in [1.54, 1.807) is 27.4 Å². The van der Waals surface area contributed by atoms with Gasteiger partial charge in [-0.15, -0.1) is 0 Å². The van der Waals surface area contributed by atoms with Crippen LogP contribution in [0.1, 0.15) is 23.6 Å². The standard InChI is InChI=1S/C26H29NO5/c1-18(28)27-22-13-15-24(30-3)26(31-4)21(22)12-10-19-11-14-23(29-2)25(16-19)32-17-20-8-6-5-7-9-20/h5-9,11,13-16H,10,12,17H2,1-4H3,(H,27,28). The molecule has 3 rings (SSSR count). The summed E-state index contributed by atoms with van der Waals surface area (Å²) >= 11 is 0. The molecule has 0 spiro atoms. The molecular weight excluding hydrogens is 406 g/mol. The molecule has 0 unspecified atom stereocenters. The van der Waals surface area contributed by atoms with Crippen LogP contribution in [0.25, 0.3) is 0 Å². The van der Waals surface area contributed by atoms with E-state index in [2.05, 4.69) is 5.32 Å². The van der Waals surface area contributed by atoms with E-state index in [1.807, 2.05) is 54.6 Å². The lowest BCUT2D eigenvalue weighted by Crippen LogP contribution is -2.10. The van der Waals surface area contributed by atoms with Crippen LogP contribution in [0.5, 0.6) is 23.0 Å². The third-order valence-electron chi connectivity index (χ3n) is 5.09. The van der Waals surface area contributed by atoms with E-state index in [1.165, 1.54) is 6.92 Å². The van der Waals surface area contributed by atoms with Gasteiger partial charge in [-0.1, -0.05) is 36.4 Å². The lowest BCUT2D eigenvalue weighted by atomic mass is 10.0. The third kappa shape index (κ3) is 5.72. The molecule has 0 bridgehead atoms. The van der Waals surface area contributed by atoms with Crippen LogP contribution >= 0.6 is 0 Å². The monoisotopic (exact) mass is 435 g/mol. The van der Waals surface area contributed by atoms with Crippen molar-refractivity contribution in [1.82, 2.24) is 0 Å². The summed E-state index contributed by atoms with van der Waals surface area (Å²) in [5.74, 6) is 2.47. The van der Waals surface area contributed by atoms with E-state index >= 15 is 0 Å². The van der Waals surface area contributed by atoms with Gasteiger partial charge in [0.25, 0.3) is 0 Å². The van der Waals surface area contributed by atoms with Crippen molar-refractivity contribution in [3.63, 3.8) is 0 Å². The molecule has 1 N–H and O–H groups in total. The van der Waals surface area contributed by atoms with Crippen LogP contribution in [0.15, 0.2) is 60.7 Å². The van der Waals surface area contributed by atoms with Gasteiger partial charge in [-0.05, 0) is 48.2 Å². The van der Waals surface area contributed by atoms with Gasteiger partial charge in [-0.3, -0.25) is 4.79 Å². The highest BCUT2D eigenvalue weighted by Crippen LogP contribution is 2.37. The van der Waals surface area contributed by atoms with Gasteiger partial charge in [-0.25, -0.2) is 0 Å². The summed E-state index contributed by atoms with van der Waals surface area (Å²) < 4.78 is 22.6. The highest BCUT2D eigenvalue weighted by atomic mass is 16.5. The Morgan fingerprint density at radius 1 is 0.781 bits per heavy atom. The molecule has 32 heavy (non-hydrogen) atoms. The lowest BCUT2D eigenvalue weighted by Gasteiger charge is -2.18. The minimum absolute atomic E-state index is 0.139. The Labute approximate surface area is 189 Å². The highest BCUT2D eigenvalue weighted by Gasteiger charge is 2.16. The minimum atomic E-state index is -0.139. The molecule has 0 atom stereocenters. The molecule has 0 heterocycles. The van der Waals surface area contributed by atoms with E-state index in [4.69, 9.17) is 18.9 Å². The summed E-state index contributed by atoms with van der Waals surface area (Å²) in [6.45, 7) is 1.94. The number of methoxy groups -OCH3 is 3. The van der Waals surface area contributed by atoms with Gasteiger partial charge < -0.3 is 24.3 Å². The first-order valence-corrected chi connectivity index (χ1v) is 10.4. The highest BCUT2D eigenvalue weighted by molar-refractivity contribution is 5.90. The number of anilines is 1. The molecule has 0 aromatic heterocycles. The van der Waals surface area contributed by atoms with Crippen molar-refractivity contribution in [2.45, 2.75) is 26.4 Å². The van der Waals surface area contributed by atoms with Gasteiger partial charge in [0.15, 0.2) is 23.0 Å². The maximum atomic E-state index is 11.7. The number of aryl methyl sites for hydroxylation is 1. The van der Waals surface area contributed by atoms with Gasteiger partial charge in [0, 0.05) is 18.2 Å². The van der Waals surface area contributed by atoms with Crippen LogP contribution < -0.4 is 24.3 Å². The van der Waals surface area contributed by atoms with Crippen LogP contribution in [0.2, 0.25) is 0 Å². The maximum absolute atomic E-state index is 11.7. The van der Waals surface area contributed by atoms with Crippen molar-refractivity contribution in [2.75, 3.05) is 26.6 Å². The first-order valence-electron chi connectivity index (χ1n) is 10.4. The number of carbonyl (C=O) groups excluding carboxylic acids is 1. The summed E-state index contributed by atoms with van der Waals surface area (Å²) in [6, 6.07) is 19.5. The molecule has 3 aromatic carbocycles. The number of ether oxygens (including phenoxy) is 4. The smallest absolute Gasteiger partial charge is 0.221 e. The van der Waals surface area contributed by atoms with Gasteiger partial charge in [0.2, 0.25) is 5.91 Å². The zero-order valence-electron chi connectivity index (χ0n) is 18.9. The molecule has 0 aliphatic heterocycles. The number of amides is 1. The molecule has 3 aromatic rings. The number of benzene rings is 3. The summed E-state index contributed by atoms with van der Waals surface area (Å²) in [6.07, 6.45) is 1.35. The molecule has 6 heteroatoms. The number of hydrogen-bond acceptors (Lipinski definition) is 5. The minimum Gasteiger partial charge on any atom is -0.493 e. The fraction of sp³-hybridized carbons (Fsp3) is 0.269. The van der Waals surface area contributed by atoms with Crippen molar-refractivity contribution < 1.29 is 23.7 Å². The fourth-order valence-corrected chi connectivity index (χ4v) is 3.54. The predicted molar refractivity (Wildman–Crippen MR) is 125 cm³/mol. The normalized spacial score (nSPS) is 10.4. The lowest BCUT2D eigenvalue weighted by molar-refractivity contribution is -0.114. The molecule has 168 valence electrons. The van der Waals surface area contributed by atoms with Crippen LogP contribution in [-0.4, -0.2) is 27.2 Å². The Bertz CT molecular complexity index is 1050. The van der Waals surface area contributed by atoms with Crippen LogP contribution in [0.3, 0.4) is 0 Å². The molecular formula is C26H29NO5. The van der Waals surface area contributed by atoms with Crippen molar-refractivity contribution in [3.05, 3.63) is 77.4 Å². The SMILES string of the molecule is COc1ccc(CCc2c(NC(C)=O)ccc(OC)c2OC)cc1OCc1ccccc1.